The van der Waals surface area contributed by atoms with E-state index in [0.717, 1.165) is 64.5 Å². The molecule has 1 aromatic carbocycles. The van der Waals surface area contributed by atoms with Crippen molar-refractivity contribution in [1.29, 1.82) is 0 Å². The van der Waals surface area contributed by atoms with Crippen molar-refractivity contribution < 1.29 is 4.74 Å². The predicted octanol–water partition coefficient (Wildman–Crippen LogP) is 5.30. The molecule has 9 heteroatoms. The van der Waals surface area contributed by atoms with Gasteiger partial charge in [0.05, 0.1) is 23.3 Å². The van der Waals surface area contributed by atoms with E-state index in [1.165, 1.54) is 19.3 Å². The number of aromatic nitrogens is 5. The molecule has 0 atom stereocenters. The summed E-state index contributed by atoms with van der Waals surface area (Å²) < 4.78 is 9.97. The van der Waals surface area contributed by atoms with Crippen LogP contribution < -0.4 is 4.90 Å². The van der Waals surface area contributed by atoms with Crippen LogP contribution >= 0.6 is 21.6 Å². The highest BCUT2D eigenvalue weighted by molar-refractivity contribution is 8.32. The molecule has 1 saturated heterocycles. The van der Waals surface area contributed by atoms with Crippen molar-refractivity contribution in [3.8, 4) is 11.1 Å². The molecule has 1 aliphatic heterocycles. The Balaban J connectivity index is 1.55. The number of benzene rings is 1. The van der Waals surface area contributed by atoms with Gasteiger partial charge < -0.3 is 14.2 Å². The molecule has 3 aromatic heterocycles. The van der Waals surface area contributed by atoms with E-state index in [1.807, 2.05) is 31.6 Å². The summed E-state index contributed by atoms with van der Waals surface area (Å²) in [7, 11) is 1.31. The zero-order valence-corrected chi connectivity index (χ0v) is 22.0. The number of hydrogen-bond donors (Lipinski definition) is 0. The monoisotopic (exact) mass is 500 g/mol. The molecule has 0 amide bonds. The average molecular weight is 501 g/mol. The molecular formula is C25H33ClN6OS. The van der Waals surface area contributed by atoms with Gasteiger partial charge in [-0.15, -0.1) is 0 Å². The van der Waals surface area contributed by atoms with Gasteiger partial charge in [-0.2, -0.15) is 5.10 Å². The fourth-order valence-corrected chi connectivity index (χ4v) is 5.40. The lowest BCUT2D eigenvalue weighted by molar-refractivity contribution is 0.0924. The summed E-state index contributed by atoms with van der Waals surface area (Å²) >= 11 is 6.88. The van der Waals surface area contributed by atoms with Crippen LogP contribution in [0.15, 0.2) is 30.7 Å². The van der Waals surface area contributed by atoms with E-state index in [0.29, 0.717) is 11.8 Å². The summed E-state index contributed by atoms with van der Waals surface area (Å²) in [6, 6.07) is 4.04. The largest absolute Gasteiger partial charge is 0.360 e. The molecule has 4 aromatic rings. The molecule has 34 heavy (non-hydrogen) atoms. The second-order valence-corrected chi connectivity index (χ2v) is 14.9. The topological polar surface area (TPSA) is 61.0 Å². The first-order valence-electron chi connectivity index (χ1n) is 11.8. The molecule has 0 spiro atoms. The maximum absolute atomic E-state index is 6.88. The number of rotatable bonds is 7. The molecule has 7 nitrogen and oxygen atoms in total. The Morgan fingerprint density at radius 2 is 1.85 bits per heavy atom. The SMILES string of the molecule is Cn1cc2c(Cl)c(-c3cn(COCCS(C)(C)C)c4nc(N5CCCCC5)cnc34)ccc2n1. The summed E-state index contributed by atoms with van der Waals surface area (Å²) in [5, 5.41) is 6.10. The van der Waals surface area contributed by atoms with E-state index in [1.54, 1.807) is 4.68 Å². The van der Waals surface area contributed by atoms with Crippen molar-refractivity contribution in [3.05, 3.63) is 35.7 Å². The third-order valence-electron chi connectivity index (χ3n) is 6.33. The zero-order valence-electron chi connectivity index (χ0n) is 20.4. The van der Waals surface area contributed by atoms with Gasteiger partial charge in [0.15, 0.2) is 5.65 Å². The molecule has 0 aliphatic carbocycles. The van der Waals surface area contributed by atoms with E-state index in [4.69, 9.17) is 26.3 Å². The first-order valence-corrected chi connectivity index (χ1v) is 15.2. The average Bonchev–Trinajstić information content (AvgIpc) is 3.37. The summed E-state index contributed by atoms with van der Waals surface area (Å²) in [4.78, 5) is 12.3. The van der Waals surface area contributed by atoms with Crippen LogP contribution in [0.4, 0.5) is 5.82 Å². The molecule has 4 heterocycles. The number of halogens is 1. The van der Waals surface area contributed by atoms with Gasteiger partial charge >= 0.3 is 0 Å². The molecule has 0 unspecified atom stereocenters. The molecule has 182 valence electrons. The second-order valence-electron chi connectivity index (χ2n) is 9.96. The maximum Gasteiger partial charge on any atom is 0.163 e. The molecule has 0 bridgehead atoms. The van der Waals surface area contributed by atoms with E-state index >= 15 is 0 Å². The van der Waals surface area contributed by atoms with Gasteiger partial charge in [-0.05, 0) is 44.1 Å². The summed E-state index contributed by atoms with van der Waals surface area (Å²) in [6.45, 7) is 3.23. The van der Waals surface area contributed by atoms with E-state index in [-0.39, 0.29) is 0 Å². The van der Waals surface area contributed by atoms with Crippen molar-refractivity contribution in [2.75, 3.05) is 49.1 Å². The maximum atomic E-state index is 6.88. The fraction of sp³-hybridized carbons (Fsp3) is 0.480. The van der Waals surface area contributed by atoms with Crippen LogP contribution in [-0.2, 0) is 18.5 Å². The Kier molecular flexibility index (Phi) is 6.48. The van der Waals surface area contributed by atoms with Gasteiger partial charge in [0.2, 0.25) is 0 Å². The molecule has 0 saturated carbocycles. The number of nitrogens with zero attached hydrogens (tertiary/aromatic N) is 6. The minimum atomic E-state index is -0.599. The highest BCUT2D eigenvalue weighted by Gasteiger charge is 2.20. The lowest BCUT2D eigenvalue weighted by atomic mass is 10.1. The number of ether oxygens (including phenoxy) is 1. The van der Waals surface area contributed by atoms with Gasteiger partial charge in [-0.3, -0.25) is 4.68 Å². The van der Waals surface area contributed by atoms with Gasteiger partial charge in [0, 0.05) is 54.8 Å². The highest BCUT2D eigenvalue weighted by Crippen LogP contribution is 2.38. The Labute approximate surface area is 207 Å². The van der Waals surface area contributed by atoms with Crippen molar-refractivity contribution in [1.82, 2.24) is 24.3 Å². The number of aryl methyl sites for hydroxylation is 1. The molecule has 0 N–H and O–H groups in total. The number of piperidine rings is 1. The Hall–Kier alpha value is -2.29. The van der Waals surface area contributed by atoms with Crippen molar-refractivity contribution >= 4 is 49.5 Å². The summed E-state index contributed by atoms with van der Waals surface area (Å²) in [5.74, 6) is 2.01. The minimum absolute atomic E-state index is 0.441. The molecule has 0 radical (unpaired) electrons. The third kappa shape index (κ3) is 4.76. The summed E-state index contributed by atoms with van der Waals surface area (Å²) in [5.41, 5.74) is 4.46. The van der Waals surface area contributed by atoms with Crippen LogP contribution in [0.1, 0.15) is 19.3 Å². The standard InChI is InChI=1S/C25H33ClN6OS/c1-30-15-20-21(29-30)9-8-18(23(20)26)19-16-32(17-33-12-13-34(2,3)4)25-24(19)27-14-22(28-25)31-10-6-5-7-11-31/h8-9,14-16H,5-7,10-13,17H2,1-4H3. The van der Waals surface area contributed by atoms with Crippen LogP contribution in [0.3, 0.4) is 0 Å². The smallest absolute Gasteiger partial charge is 0.163 e. The van der Waals surface area contributed by atoms with Crippen LogP contribution in [0, 0.1) is 0 Å². The fourth-order valence-electron chi connectivity index (χ4n) is 4.47. The Morgan fingerprint density at radius 3 is 2.62 bits per heavy atom. The number of anilines is 1. The van der Waals surface area contributed by atoms with E-state index < -0.39 is 10.0 Å². The molecule has 1 aliphatic rings. The Bertz CT molecular complexity index is 1320. The molecule has 1 fully saturated rings. The van der Waals surface area contributed by atoms with Crippen LogP contribution in [-0.4, -0.2) is 68.5 Å². The van der Waals surface area contributed by atoms with Gasteiger partial charge in [0.1, 0.15) is 18.1 Å². The summed E-state index contributed by atoms with van der Waals surface area (Å²) in [6.07, 6.45) is 16.6. The molecular weight excluding hydrogens is 468 g/mol. The lowest BCUT2D eigenvalue weighted by Crippen LogP contribution is -2.30. The van der Waals surface area contributed by atoms with Crippen molar-refractivity contribution in [3.63, 3.8) is 0 Å². The van der Waals surface area contributed by atoms with E-state index in [2.05, 4.69) is 39.5 Å². The first kappa shape index (κ1) is 23.5. The quantitative estimate of drug-likeness (QED) is 0.322. The predicted molar refractivity (Wildman–Crippen MR) is 144 cm³/mol. The van der Waals surface area contributed by atoms with Gasteiger partial charge in [-0.25, -0.2) is 20.0 Å². The van der Waals surface area contributed by atoms with Crippen LogP contribution in [0.2, 0.25) is 5.02 Å². The number of hydrogen-bond acceptors (Lipinski definition) is 5. The normalized spacial score (nSPS) is 15.5. The van der Waals surface area contributed by atoms with Crippen molar-refractivity contribution in [2.45, 2.75) is 26.0 Å². The van der Waals surface area contributed by atoms with Gasteiger partial charge in [-0.1, -0.05) is 17.7 Å². The third-order valence-corrected chi connectivity index (χ3v) is 8.13. The van der Waals surface area contributed by atoms with E-state index in [9.17, 15) is 0 Å². The lowest BCUT2D eigenvalue weighted by Gasteiger charge is -2.27. The minimum Gasteiger partial charge on any atom is -0.360 e. The zero-order chi connectivity index (χ0) is 23.9. The Morgan fingerprint density at radius 1 is 1.06 bits per heavy atom. The second kappa shape index (κ2) is 9.40. The van der Waals surface area contributed by atoms with Gasteiger partial charge in [0.25, 0.3) is 0 Å². The number of fused-ring (bicyclic) bond motifs is 2. The van der Waals surface area contributed by atoms with Crippen molar-refractivity contribution in [2.24, 2.45) is 7.05 Å². The molecule has 5 rings (SSSR count). The highest BCUT2D eigenvalue weighted by atomic mass is 35.5. The van der Waals surface area contributed by atoms with Crippen LogP contribution in [0.25, 0.3) is 33.2 Å². The first-order chi connectivity index (χ1) is 16.3. The van der Waals surface area contributed by atoms with Crippen LogP contribution in [0.5, 0.6) is 0 Å².